The molecule has 1 aromatic heterocycles. The second-order valence-corrected chi connectivity index (χ2v) is 9.00. The molecule has 0 bridgehead atoms. The van der Waals surface area contributed by atoms with E-state index in [9.17, 15) is 14.0 Å². The second-order valence-electron chi connectivity index (χ2n) is 9.00. The Kier molecular flexibility index (Phi) is 6.39. The number of piperidine rings is 2. The summed E-state index contributed by atoms with van der Waals surface area (Å²) in [5.41, 5.74) is 2.26. The third-order valence-corrected chi connectivity index (χ3v) is 6.83. The third kappa shape index (κ3) is 4.65. The summed E-state index contributed by atoms with van der Waals surface area (Å²) in [5, 5.41) is 7.27. The number of hydrogen-bond donors (Lipinski definition) is 1. The normalized spacial score (nSPS) is 22.5. The van der Waals surface area contributed by atoms with Gasteiger partial charge in [-0.3, -0.25) is 14.7 Å². The molecule has 166 valence electrons. The minimum atomic E-state index is -0.321. The molecule has 2 saturated heterocycles. The highest BCUT2D eigenvalue weighted by atomic mass is 19.1. The van der Waals surface area contributed by atoms with Crippen molar-refractivity contribution in [1.29, 1.82) is 0 Å². The fraction of sp³-hybridized carbons (Fsp3) is 0.542. The summed E-state index contributed by atoms with van der Waals surface area (Å²) in [6.45, 7) is 5.50. The molecule has 2 aromatic rings. The van der Waals surface area contributed by atoms with Gasteiger partial charge in [0.15, 0.2) is 0 Å². The number of nitrogens with zero attached hydrogens (tertiary/aromatic N) is 3. The Bertz CT molecular complexity index is 925. The highest BCUT2D eigenvalue weighted by Gasteiger charge is 2.34. The van der Waals surface area contributed by atoms with Gasteiger partial charge in [0, 0.05) is 31.1 Å². The standard InChI is InChI=1S/C24H31FN4O2/c1-16-5-3-6-17(2)29(16)24(31)21-15-26-27-23(21)19-9-11-28(12-10-19)22(30)14-18-7-4-8-20(25)13-18/h4,7-8,13,15-17,19H,3,5-6,9-12,14H2,1-2H3,(H,26,27)/t16-,17-/m1/s1. The average Bonchev–Trinajstić information content (AvgIpc) is 3.23. The van der Waals surface area contributed by atoms with E-state index >= 15 is 0 Å². The lowest BCUT2D eigenvalue weighted by molar-refractivity contribution is -0.131. The van der Waals surface area contributed by atoms with Gasteiger partial charge in [-0.2, -0.15) is 5.10 Å². The van der Waals surface area contributed by atoms with Crippen molar-refractivity contribution in [2.75, 3.05) is 13.1 Å². The van der Waals surface area contributed by atoms with Crippen LogP contribution in [0.25, 0.3) is 0 Å². The molecule has 2 atom stereocenters. The maximum Gasteiger partial charge on any atom is 0.257 e. The number of halogens is 1. The Hall–Kier alpha value is -2.70. The first-order chi connectivity index (χ1) is 14.9. The topological polar surface area (TPSA) is 69.3 Å². The van der Waals surface area contributed by atoms with Gasteiger partial charge in [-0.05, 0) is 63.6 Å². The Balaban J connectivity index is 1.39. The molecule has 0 radical (unpaired) electrons. The van der Waals surface area contributed by atoms with Crippen LogP contribution in [0.1, 0.15) is 73.5 Å². The summed E-state index contributed by atoms with van der Waals surface area (Å²) in [5.74, 6) is -0.0677. The zero-order chi connectivity index (χ0) is 22.0. The maximum absolute atomic E-state index is 13.4. The Morgan fingerprint density at radius 1 is 1.13 bits per heavy atom. The first kappa shape index (κ1) is 21.5. The summed E-state index contributed by atoms with van der Waals surface area (Å²) in [6.07, 6.45) is 6.66. The number of likely N-dealkylation sites (tertiary alicyclic amines) is 2. The molecule has 2 amide bonds. The molecule has 0 unspecified atom stereocenters. The maximum atomic E-state index is 13.4. The van der Waals surface area contributed by atoms with E-state index in [4.69, 9.17) is 0 Å². The van der Waals surface area contributed by atoms with Crippen LogP contribution in [0.4, 0.5) is 4.39 Å². The van der Waals surface area contributed by atoms with Crippen LogP contribution in [-0.4, -0.2) is 57.0 Å². The van der Waals surface area contributed by atoms with Gasteiger partial charge < -0.3 is 9.80 Å². The van der Waals surface area contributed by atoms with Crippen molar-refractivity contribution >= 4 is 11.8 Å². The molecule has 7 heteroatoms. The molecule has 3 heterocycles. The van der Waals surface area contributed by atoms with E-state index in [1.54, 1.807) is 18.3 Å². The van der Waals surface area contributed by atoms with Crippen molar-refractivity contribution in [3.05, 3.63) is 53.1 Å². The molecular weight excluding hydrogens is 395 g/mol. The van der Waals surface area contributed by atoms with Gasteiger partial charge >= 0.3 is 0 Å². The number of benzene rings is 1. The van der Waals surface area contributed by atoms with E-state index in [2.05, 4.69) is 24.0 Å². The van der Waals surface area contributed by atoms with Crippen LogP contribution in [0.5, 0.6) is 0 Å². The Morgan fingerprint density at radius 2 is 1.84 bits per heavy atom. The van der Waals surface area contributed by atoms with Crippen molar-refractivity contribution in [2.24, 2.45) is 0 Å². The van der Waals surface area contributed by atoms with Crippen molar-refractivity contribution in [3.63, 3.8) is 0 Å². The van der Waals surface area contributed by atoms with Crippen LogP contribution in [0.3, 0.4) is 0 Å². The van der Waals surface area contributed by atoms with Crippen LogP contribution in [0.15, 0.2) is 30.5 Å². The minimum Gasteiger partial charge on any atom is -0.342 e. The lowest BCUT2D eigenvalue weighted by Crippen LogP contribution is -2.47. The van der Waals surface area contributed by atoms with E-state index < -0.39 is 0 Å². The Morgan fingerprint density at radius 3 is 2.52 bits per heavy atom. The number of aromatic amines is 1. The molecule has 6 nitrogen and oxygen atoms in total. The van der Waals surface area contributed by atoms with Crippen molar-refractivity contribution in [1.82, 2.24) is 20.0 Å². The van der Waals surface area contributed by atoms with Gasteiger partial charge in [-0.25, -0.2) is 4.39 Å². The zero-order valence-electron chi connectivity index (χ0n) is 18.3. The Labute approximate surface area is 182 Å². The zero-order valence-corrected chi connectivity index (χ0v) is 18.3. The van der Waals surface area contributed by atoms with Gasteiger partial charge in [0.2, 0.25) is 5.91 Å². The highest BCUT2D eigenvalue weighted by Crippen LogP contribution is 2.32. The van der Waals surface area contributed by atoms with E-state index in [0.717, 1.165) is 37.8 Å². The molecule has 31 heavy (non-hydrogen) atoms. The lowest BCUT2D eigenvalue weighted by atomic mass is 9.90. The van der Waals surface area contributed by atoms with E-state index in [1.807, 2.05) is 9.80 Å². The molecule has 1 N–H and O–H groups in total. The summed E-state index contributed by atoms with van der Waals surface area (Å²) in [7, 11) is 0. The average molecular weight is 427 g/mol. The van der Waals surface area contributed by atoms with E-state index in [0.29, 0.717) is 24.2 Å². The predicted octanol–water partition coefficient (Wildman–Crippen LogP) is 3.90. The van der Waals surface area contributed by atoms with E-state index in [1.165, 1.54) is 12.1 Å². The van der Waals surface area contributed by atoms with Crippen LogP contribution < -0.4 is 0 Å². The lowest BCUT2D eigenvalue weighted by Gasteiger charge is -2.39. The predicted molar refractivity (Wildman–Crippen MR) is 116 cm³/mol. The van der Waals surface area contributed by atoms with Crippen LogP contribution in [0, 0.1) is 5.82 Å². The highest BCUT2D eigenvalue weighted by molar-refractivity contribution is 5.95. The van der Waals surface area contributed by atoms with Gasteiger partial charge in [-0.15, -0.1) is 0 Å². The summed E-state index contributed by atoms with van der Waals surface area (Å²) < 4.78 is 13.4. The number of carbonyl (C=O) groups is 2. The number of hydrogen-bond acceptors (Lipinski definition) is 3. The second kappa shape index (κ2) is 9.20. The monoisotopic (exact) mass is 426 g/mol. The van der Waals surface area contributed by atoms with Crippen LogP contribution in [0.2, 0.25) is 0 Å². The number of amides is 2. The summed E-state index contributed by atoms with van der Waals surface area (Å²) in [6, 6.07) is 6.68. The molecular formula is C24H31FN4O2. The smallest absolute Gasteiger partial charge is 0.257 e. The first-order valence-corrected chi connectivity index (χ1v) is 11.3. The first-order valence-electron chi connectivity index (χ1n) is 11.3. The van der Waals surface area contributed by atoms with Gasteiger partial charge in [0.1, 0.15) is 5.82 Å². The van der Waals surface area contributed by atoms with Crippen molar-refractivity contribution in [3.8, 4) is 0 Å². The van der Waals surface area contributed by atoms with Crippen LogP contribution in [-0.2, 0) is 11.2 Å². The molecule has 4 rings (SSSR count). The molecule has 0 saturated carbocycles. The molecule has 2 fully saturated rings. The van der Waals surface area contributed by atoms with Crippen molar-refractivity contribution < 1.29 is 14.0 Å². The number of carbonyl (C=O) groups excluding carboxylic acids is 2. The van der Waals surface area contributed by atoms with Gasteiger partial charge in [0.25, 0.3) is 5.91 Å². The fourth-order valence-electron chi connectivity index (χ4n) is 5.09. The van der Waals surface area contributed by atoms with Gasteiger partial charge in [-0.1, -0.05) is 12.1 Å². The molecule has 2 aliphatic heterocycles. The summed E-state index contributed by atoms with van der Waals surface area (Å²) in [4.78, 5) is 29.8. The quantitative estimate of drug-likeness (QED) is 0.806. The minimum absolute atomic E-state index is 0.0147. The molecule has 0 spiro atoms. The van der Waals surface area contributed by atoms with E-state index in [-0.39, 0.29) is 42.1 Å². The largest absolute Gasteiger partial charge is 0.342 e. The number of H-pyrrole nitrogens is 1. The number of aromatic nitrogens is 2. The molecule has 0 aliphatic carbocycles. The molecule has 2 aliphatic rings. The van der Waals surface area contributed by atoms with Crippen molar-refractivity contribution in [2.45, 2.75) is 70.4 Å². The fourth-order valence-corrected chi connectivity index (χ4v) is 5.09. The summed E-state index contributed by atoms with van der Waals surface area (Å²) >= 11 is 0. The number of nitrogens with one attached hydrogen (secondary N) is 1. The third-order valence-electron chi connectivity index (χ3n) is 6.83. The van der Waals surface area contributed by atoms with Gasteiger partial charge in [0.05, 0.1) is 23.9 Å². The number of rotatable bonds is 4. The SMILES string of the molecule is C[C@@H]1CCC[C@@H](C)N1C(=O)c1cn[nH]c1C1CCN(C(=O)Cc2cccc(F)c2)CC1. The molecule has 1 aromatic carbocycles. The van der Waals surface area contributed by atoms with Crippen LogP contribution >= 0.6 is 0 Å².